The lowest BCUT2D eigenvalue weighted by molar-refractivity contribution is 0.0695. The highest BCUT2D eigenvalue weighted by Gasteiger charge is 2.30. The molecule has 0 N–H and O–H groups in total. The first-order chi connectivity index (χ1) is 13.5. The van der Waals surface area contributed by atoms with E-state index in [1.807, 2.05) is 0 Å². The van der Waals surface area contributed by atoms with Gasteiger partial charge in [-0.3, -0.25) is 4.79 Å². The van der Waals surface area contributed by atoms with E-state index in [1.54, 1.807) is 29.3 Å². The molecule has 1 aromatic carbocycles. The van der Waals surface area contributed by atoms with Crippen LogP contribution in [0.25, 0.3) is 11.4 Å². The largest absolute Gasteiger partial charge is 0.339 e. The van der Waals surface area contributed by atoms with Gasteiger partial charge in [0.1, 0.15) is 11.0 Å². The Morgan fingerprint density at radius 3 is 3.04 bits per heavy atom. The van der Waals surface area contributed by atoms with Crippen molar-refractivity contribution < 1.29 is 13.7 Å². The maximum absolute atomic E-state index is 13.4. The highest BCUT2D eigenvalue weighted by Crippen LogP contribution is 2.29. The molecule has 3 heterocycles. The number of halogens is 3. The summed E-state index contributed by atoms with van der Waals surface area (Å²) < 4.78 is 19.5. The van der Waals surface area contributed by atoms with Gasteiger partial charge in [-0.15, -0.1) is 0 Å². The Balaban J connectivity index is 1.53. The van der Waals surface area contributed by atoms with Crippen LogP contribution in [0.2, 0.25) is 5.15 Å². The molecule has 0 bridgehead atoms. The van der Waals surface area contributed by atoms with Crippen molar-refractivity contribution in [1.82, 2.24) is 20.0 Å². The van der Waals surface area contributed by atoms with Crippen LogP contribution in [0, 0.1) is 5.82 Å². The molecule has 1 amide bonds. The minimum absolute atomic E-state index is 0.0913. The molecule has 0 radical (unpaired) electrons. The molecule has 3 aromatic rings. The monoisotopic (exact) mass is 464 g/mol. The molecule has 28 heavy (non-hydrogen) atoms. The number of amides is 1. The Morgan fingerprint density at radius 1 is 1.36 bits per heavy atom. The molecule has 1 unspecified atom stereocenters. The maximum atomic E-state index is 13.4. The van der Waals surface area contributed by atoms with E-state index in [0.717, 1.165) is 12.8 Å². The predicted molar refractivity (Wildman–Crippen MR) is 105 cm³/mol. The summed E-state index contributed by atoms with van der Waals surface area (Å²) in [5.74, 6) is 0.130. The Hall–Kier alpha value is -2.32. The van der Waals surface area contributed by atoms with Crippen molar-refractivity contribution in [3.05, 3.63) is 63.4 Å². The van der Waals surface area contributed by atoms with Gasteiger partial charge in [-0.25, -0.2) is 9.37 Å². The van der Waals surface area contributed by atoms with Gasteiger partial charge in [0.25, 0.3) is 5.91 Å². The average Bonchev–Trinajstić information content (AvgIpc) is 3.20. The zero-order valence-corrected chi connectivity index (χ0v) is 17.0. The second-order valence-corrected chi connectivity index (χ2v) is 7.82. The number of aromatic nitrogens is 3. The predicted octanol–water partition coefficient (Wildman–Crippen LogP) is 4.71. The molecule has 0 saturated carbocycles. The number of pyridine rings is 1. The van der Waals surface area contributed by atoms with Crippen molar-refractivity contribution in [1.29, 1.82) is 0 Å². The van der Waals surface area contributed by atoms with Crippen LogP contribution in [0.4, 0.5) is 4.39 Å². The molecular formula is C19H15BrClFN4O2. The molecule has 1 fully saturated rings. The first-order valence-electron chi connectivity index (χ1n) is 8.71. The molecule has 9 heteroatoms. The van der Waals surface area contributed by atoms with Gasteiger partial charge in [-0.2, -0.15) is 4.98 Å². The van der Waals surface area contributed by atoms with E-state index in [-0.39, 0.29) is 22.8 Å². The van der Waals surface area contributed by atoms with Crippen molar-refractivity contribution in [3.8, 4) is 11.4 Å². The highest BCUT2D eigenvalue weighted by molar-refractivity contribution is 9.10. The number of piperidine rings is 1. The molecule has 144 valence electrons. The van der Waals surface area contributed by atoms with Crippen LogP contribution in [-0.4, -0.2) is 39.0 Å². The van der Waals surface area contributed by atoms with Gasteiger partial charge in [0.05, 0.1) is 11.5 Å². The Bertz CT molecular complexity index is 1030. The SMILES string of the molecule is O=C(c1cc(Br)cnc1Cl)N1CCCC(c2nc(-c3cccc(F)c3)no2)C1. The number of carbonyl (C=O) groups excluding carboxylic acids is 1. The van der Waals surface area contributed by atoms with Gasteiger partial charge in [0.15, 0.2) is 0 Å². The topological polar surface area (TPSA) is 72.1 Å². The molecule has 1 aliphatic heterocycles. The summed E-state index contributed by atoms with van der Waals surface area (Å²) >= 11 is 9.41. The maximum Gasteiger partial charge on any atom is 0.257 e. The third-order valence-corrected chi connectivity index (χ3v) is 5.35. The summed E-state index contributed by atoms with van der Waals surface area (Å²) in [5.41, 5.74) is 0.897. The van der Waals surface area contributed by atoms with Crippen molar-refractivity contribution in [2.45, 2.75) is 18.8 Å². The van der Waals surface area contributed by atoms with E-state index in [0.29, 0.717) is 40.4 Å². The quantitative estimate of drug-likeness (QED) is 0.524. The van der Waals surface area contributed by atoms with Crippen LogP contribution in [0.15, 0.2) is 45.5 Å². The van der Waals surface area contributed by atoms with Gasteiger partial charge >= 0.3 is 0 Å². The van der Waals surface area contributed by atoms with E-state index in [4.69, 9.17) is 16.1 Å². The summed E-state index contributed by atoms with van der Waals surface area (Å²) in [5, 5.41) is 4.13. The molecule has 0 spiro atoms. The van der Waals surface area contributed by atoms with Crippen LogP contribution >= 0.6 is 27.5 Å². The number of likely N-dealkylation sites (tertiary alicyclic amines) is 1. The zero-order chi connectivity index (χ0) is 19.7. The molecule has 6 nitrogen and oxygen atoms in total. The third kappa shape index (κ3) is 3.93. The van der Waals surface area contributed by atoms with E-state index in [2.05, 4.69) is 31.1 Å². The zero-order valence-electron chi connectivity index (χ0n) is 14.6. The van der Waals surface area contributed by atoms with Crippen molar-refractivity contribution in [3.63, 3.8) is 0 Å². The number of hydrogen-bond acceptors (Lipinski definition) is 5. The van der Waals surface area contributed by atoms with Gasteiger partial charge in [-0.05, 0) is 47.0 Å². The minimum Gasteiger partial charge on any atom is -0.339 e. The normalized spacial score (nSPS) is 17.0. The second-order valence-electron chi connectivity index (χ2n) is 6.55. The summed E-state index contributed by atoms with van der Waals surface area (Å²) in [6, 6.07) is 7.69. The van der Waals surface area contributed by atoms with E-state index < -0.39 is 0 Å². The molecule has 2 aromatic heterocycles. The summed E-state index contributed by atoms with van der Waals surface area (Å²) in [7, 11) is 0. The Morgan fingerprint density at radius 2 is 2.21 bits per heavy atom. The number of nitrogens with zero attached hydrogens (tertiary/aromatic N) is 4. The lowest BCUT2D eigenvalue weighted by Gasteiger charge is -2.31. The van der Waals surface area contributed by atoms with Crippen LogP contribution < -0.4 is 0 Å². The lowest BCUT2D eigenvalue weighted by atomic mass is 9.97. The van der Waals surface area contributed by atoms with E-state index in [9.17, 15) is 9.18 Å². The van der Waals surface area contributed by atoms with Gasteiger partial charge < -0.3 is 9.42 Å². The molecule has 1 aliphatic rings. The van der Waals surface area contributed by atoms with Crippen LogP contribution in [0.1, 0.15) is 35.0 Å². The van der Waals surface area contributed by atoms with Crippen LogP contribution in [0.3, 0.4) is 0 Å². The first-order valence-corrected chi connectivity index (χ1v) is 9.88. The summed E-state index contributed by atoms with van der Waals surface area (Å²) in [6.07, 6.45) is 3.16. The Kier molecular flexibility index (Phi) is 5.41. The molecular weight excluding hydrogens is 451 g/mol. The van der Waals surface area contributed by atoms with Crippen molar-refractivity contribution in [2.24, 2.45) is 0 Å². The fraction of sp³-hybridized carbons (Fsp3) is 0.263. The van der Waals surface area contributed by atoms with Crippen LogP contribution in [-0.2, 0) is 0 Å². The Labute approximate surface area is 173 Å². The molecule has 4 rings (SSSR count). The van der Waals surface area contributed by atoms with Crippen molar-refractivity contribution in [2.75, 3.05) is 13.1 Å². The number of carbonyl (C=O) groups is 1. The standard InChI is InChI=1S/C19H15BrClFN4O2/c20-13-8-15(16(21)23-9-13)19(27)26-6-2-4-12(10-26)18-24-17(25-28-18)11-3-1-5-14(22)7-11/h1,3,5,7-9,12H,2,4,6,10H2. The highest BCUT2D eigenvalue weighted by atomic mass is 79.9. The summed E-state index contributed by atoms with van der Waals surface area (Å²) in [4.78, 5) is 23.0. The fourth-order valence-electron chi connectivity index (χ4n) is 3.25. The first kappa shape index (κ1) is 19.0. The third-order valence-electron chi connectivity index (χ3n) is 4.62. The van der Waals surface area contributed by atoms with Crippen LogP contribution in [0.5, 0.6) is 0 Å². The number of rotatable bonds is 3. The van der Waals surface area contributed by atoms with Gasteiger partial charge in [0, 0.05) is 29.3 Å². The number of benzene rings is 1. The lowest BCUT2D eigenvalue weighted by Crippen LogP contribution is -2.39. The van der Waals surface area contributed by atoms with Crippen molar-refractivity contribution >= 4 is 33.4 Å². The second kappa shape index (κ2) is 7.97. The van der Waals surface area contributed by atoms with Gasteiger partial charge in [0.2, 0.25) is 11.7 Å². The summed E-state index contributed by atoms with van der Waals surface area (Å²) in [6.45, 7) is 1.05. The van der Waals surface area contributed by atoms with E-state index in [1.165, 1.54) is 12.1 Å². The van der Waals surface area contributed by atoms with Gasteiger partial charge in [-0.1, -0.05) is 28.9 Å². The smallest absolute Gasteiger partial charge is 0.257 e. The minimum atomic E-state index is -0.363. The fourth-order valence-corrected chi connectivity index (χ4v) is 3.77. The van der Waals surface area contributed by atoms with E-state index >= 15 is 0 Å². The average molecular weight is 466 g/mol. The molecule has 0 aliphatic carbocycles. The number of hydrogen-bond donors (Lipinski definition) is 0. The molecule has 1 atom stereocenters. The molecule has 1 saturated heterocycles.